The van der Waals surface area contributed by atoms with Gasteiger partial charge in [-0.1, -0.05) is 42.5 Å². The molecule has 34 heavy (non-hydrogen) atoms. The minimum Gasteiger partial charge on any atom is -0.398 e. The van der Waals surface area contributed by atoms with Crippen LogP contribution in [0, 0.1) is 0 Å². The van der Waals surface area contributed by atoms with Crippen LogP contribution in [-0.2, 0) is 6.18 Å². The van der Waals surface area contributed by atoms with E-state index in [1.165, 1.54) is 24.1 Å². The molecule has 0 saturated heterocycles. The number of nitrogens with one attached hydrogen (secondary N) is 1. The average molecular weight is 476 g/mol. The lowest BCUT2D eigenvalue weighted by molar-refractivity contribution is -0.137. The summed E-state index contributed by atoms with van der Waals surface area (Å²) in [7, 11) is 0. The molecule has 0 aliphatic carbocycles. The van der Waals surface area contributed by atoms with Gasteiger partial charge in [-0.05, 0) is 77.7 Å². The molecule has 0 spiro atoms. The fourth-order valence-corrected chi connectivity index (χ4v) is 4.58. The summed E-state index contributed by atoms with van der Waals surface area (Å²) in [6.07, 6.45) is -2.38. The first-order valence-electron chi connectivity index (χ1n) is 10.6. The summed E-state index contributed by atoms with van der Waals surface area (Å²) >= 11 is 1.45. The van der Waals surface area contributed by atoms with E-state index in [0.717, 1.165) is 50.4 Å². The Balaban J connectivity index is 1.45. The lowest BCUT2D eigenvalue weighted by Crippen LogP contribution is -2.03. The van der Waals surface area contributed by atoms with Crippen LogP contribution in [0.25, 0.3) is 27.7 Å². The van der Waals surface area contributed by atoms with Crippen molar-refractivity contribution in [2.75, 3.05) is 10.5 Å². The minimum absolute atomic E-state index is 0.652. The first-order chi connectivity index (χ1) is 16.4. The third kappa shape index (κ3) is 4.34. The van der Waals surface area contributed by atoms with E-state index in [1.807, 2.05) is 79.0 Å². The highest BCUT2D eigenvalue weighted by Gasteiger charge is 2.30. The van der Waals surface area contributed by atoms with Crippen LogP contribution in [0.4, 0.5) is 24.5 Å². The third-order valence-electron chi connectivity index (χ3n) is 5.58. The van der Waals surface area contributed by atoms with Crippen LogP contribution < -0.4 is 10.5 Å². The maximum absolute atomic E-state index is 13.0. The highest BCUT2D eigenvalue weighted by atomic mass is 32.2. The van der Waals surface area contributed by atoms with Gasteiger partial charge in [0.15, 0.2) is 0 Å². The van der Waals surface area contributed by atoms with Crippen molar-refractivity contribution < 1.29 is 13.2 Å². The number of benzene rings is 4. The van der Waals surface area contributed by atoms with Gasteiger partial charge in [0.1, 0.15) is 0 Å². The largest absolute Gasteiger partial charge is 0.416 e. The fraction of sp³-hybridized carbons (Fsp3) is 0.0370. The zero-order valence-electron chi connectivity index (χ0n) is 17.9. The van der Waals surface area contributed by atoms with Crippen LogP contribution in [0.5, 0.6) is 0 Å². The maximum Gasteiger partial charge on any atom is 0.416 e. The van der Waals surface area contributed by atoms with Crippen molar-refractivity contribution in [3.8, 4) is 16.8 Å². The van der Waals surface area contributed by atoms with E-state index in [0.29, 0.717) is 5.69 Å². The molecular formula is C27H20F3N3S. The van der Waals surface area contributed by atoms with Gasteiger partial charge in [-0.15, -0.1) is 0 Å². The Morgan fingerprint density at radius 3 is 2.32 bits per heavy atom. The highest BCUT2D eigenvalue weighted by Crippen LogP contribution is 2.35. The molecule has 1 aromatic heterocycles. The molecule has 0 saturated carbocycles. The Bertz CT molecular complexity index is 1460. The van der Waals surface area contributed by atoms with Crippen molar-refractivity contribution in [2.24, 2.45) is 0 Å². The Labute approximate surface area is 199 Å². The summed E-state index contributed by atoms with van der Waals surface area (Å²) in [5.41, 5.74) is 10.6. The van der Waals surface area contributed by atoms with E-state index in [1.54, 1.807) is 0 Å². The molecule has 4 aromatic carbocycles. The fourth-order valence-electron chi connectivity index (χ4n) is 3.89. The van der Waals surface area contributed by atoms with Crippen molar-refractivity contribution in [2.45, 2.75) is 11.1 Å². The van der Waals surface area contributed by atoms with Crippen LogP contribution in [0.1, 0.15) is 5.56 Å². The predicted molar refractivity (Wildman–Crippen MR) is 134 cm³/mol. The molecule has 0 unspecified atom stereocenters. The van der Waals surface area contributed by atoms with E-state index >= 15 is 0 Å². The van der Waals surface area contributed by atoms with E-state index in [9.17, 15) is 13.2 Å². The molecule has 3 nitrogen and oxygen atoms in total. The Morgan fingerprint density at radius 2 is 1.56 bits per heavy atom. The summed E-state index contributed by atoms with van der Waals surface area (Å²) < 4.78 is 44.3. The molecule has 5 aromatic rings. The molecule has 0 amide bonds. The Kier molecular flexibility index (Phi) is 5.71. The quantitative estimate of drug-likeness (QED) is 0.200. The van der Waals surface area contributed by atoms with Crippen molar-refractivity contribution in [1.29, 1.82) is 0 Å². The molecule has 0 radical (unpaired) electrons. The average Bonchev–Trinajstić information content (AvgIpc) is 3.28. The Hall–Kier alpha value is -3.84. The number of alkyl halides is 3. The number of nitrogens with zero attached hydrogens (tertiary/aromatic N) is 1. The summed E-state index contributed by atoms with van der Waals surface area (Å²) in [5, 5.41) is 0.965. The van der Waals surface area contributed by atoms with Crippen LogP contribution >= 0.6 is 11.9 Å². The molecule has 0 bridgehead atoms. The van der Waals surface area contributed by atoms with Crippen LogP contribution in [0.3, 0.4) is 0 Å². The van der Waals surface area contributed by atoms with Gasteiger partial charge >= 0.3 is 6.18 Å². The first-order valence-corrected chi connectivity index (χ1v) is 11.4. The van der Waals surface area contributed by atoms with Crippen molar-refractivity contribution in [3.05, 3.63) is 109 Å². The molecule has 0 fully saturated rings. The standard InChI is InChI=1S/C27H20F3N3S/c28-27(29,30)19-13-11-18(12-14-19)22-7-4-9-25-23(22)15-16-33(25)21-6-3-5-20(17-21)32-34-26-10-2-1-8-24(26)31/h1-17,32H,31H2. The number of anilines is 2. The molecule has 5 rings (SSSR count). The topological polar surface area (TPSA) is 43.0 Å². The zero-order valence-corrected chi connectivity index (χ0v) is 18.7. The van der Waals surface area contributed by atoms with Gasteiger partial charge in [0, 0.05) is 28.6 Å². The molecule has 7 heteroatoms. The number of aromatic nitrogens is 1. The van der Waals surface area contributed by atoms with E-state index in [4.69, 9.17) is 5.73 Å². The Morgan fingerprint density at radius 1 is 0.794 bits per heavy atom. The molecule has 3 N–H and O–H groups in total. The smallest absolute Gasteiger partial charge is 0.398 e. The number of rotatable bonds is 5. The van der Waals surface area contributed by atoms with Gasteiger partial charge in [0.2, 0.25) is 0 Å². The molecule has 0 aliphatic heterocycles. The first kappa shape index (κ1) is 22.0. The number of hydrogen-bond donors (Lipinski definition) is 2. The van der Waals surface area contributed by atoms with E-state index < -0.39 is 11.7 Å². The second-order valence-electron chi connectivity index (χ2n) is 7.79. The van der Waals surface area contributed by atoms with Crippen molar-refractivity contribution in [3.63, 3.8) is 0 Å². The third-order valence-corrected chi connectivity index (χ3v) is 6.51. The summed E-state index contributed by atoms with van der Waals surface area (Å²) in [6, 6.07) is 28.8. The number of para-hydroxylation sites is 1. The number of nitrogens with two attached hydrogens (primary N) is 1. The number of fused-ring (bicyclic) bond motifs is 1. The lowest BCUT2D eigenvalue weighted by atomic mass is 10.0. The van der Waals surface area contributed by atoms with Gasteiger partial charge < -0.3 is 15.0 Å². The summed E-state index contributed by atoms with van der Waals surface area (Å²) in [6.45, 7) is 0. The van der Waals surface area contributed by atoms with Crippen molar-refractivity contribution in [1.82, 2.24) is 4.57 Å². The molecule has 1 heterocycles. The normalized spacial score (nSPS) is 11.6. The van der Waals surface area contributed by atoms with Gasteiger partial charge in [-0.3, -0.25) is 0 Å². The molecular weight excluding hydrogens is 455 g/mol. The van der Waals surface area contributed by atoms with Crippen molar-refractivity contribution >= 4 is 34.2 Å². The summed E-state index contributed by atoms with van der Waals surface area (Å²) in [5.74, 6) is 0. The van der Waals surface area contributed by atoms with Gasteiger partial charge in [0.05, 0.1) is 16.0 Å². The molecule has 0 aliphatic rings. The molecule has 170 valence electrons. The number of nitrogen functional groups attached to an aromatic ring is 1. The van der Waals surface area contributed by atoms with Crippen LogP contribution in [0.2, 0.25) is 0 Å². The van der Waals surface area contributed by atoms with Crippen LogP contribution in [-0.4, -0.2) is 4.57 Å². The predicted octanol–water partition coefficient (Wildman–Crippen LogP) is 8.02. The number of hydrogen-bond acceptors (Lipinski definition) is 3. The maximum atomic E-state index is 13.0. The van der Waals surface area contributed by atoms with E-state index in [-0.39, 0.29) is 0 Å². The lowest BCUT2D eigenvalue weighted by Gasteiger charge is -2.12. The monoisotopic (exact) mass is 475 g/mol. The van der Waals surface area contributed by atoms with Gasteiger partial charge in [-0.25, -0.2) is 0 Å². The second-order valence-corrected chi connectivity index (χ2v) is 8.64. The molecule has 0 atom stereocenters. The van der Waals surface area contributed by atoms with E-state index in [2.05, 4.69) is 9.29 Å². The van der Waals surface area contributed by atoms with Gasteiger partial charge in [-0.2, -0.15) is 13.2 Å². The minimum atomic E-state index is -4.35. The van der Waals surface area contributed by atoms with Crippen LogP contribution in [0.15, 0.2) is 108 Å². The number of halogens is 3. The zero-order chi connectivity index (χ0) is 23.7. The highest BCUT2D eigenvalue weighted by molar-refractivity contribution is 8.00. The SMILES string of the molecule is Nc1ccccc1SNc1cccc(-n2ccc3c(-c4ccc(C(F)(F)F)cc4)cccc32)c1. The second kappa shape index (κ2) is 8.83. The van der Waals surface area contributed by atoms with Gasteiger partial charge in [0.25, 0.3) is 0 Å². The summed E-state index contributed by atoms with van der Waals surface area (Å²) in [4.78, 5) is 0.945.